The van der Waals surface area contributed by atoms with E-state index in [-0.39, 0.29) is 20.9 Å². The molecule has 0 radical (unpaired) electrons. The fourth-order valence-corrected chi connectivity index (χ4v) is 5.39. The van der Waals surface area contributed by atoms with Gasteiger partial charge in [0.15, 0.2) is 0 Å². The summed E-state index contributed by atoms with van der Waals surface area (Å²) in [6.07, 6.45) is 0. The number of halogens is 1. The van der Waals surface area contributed by atoms with Gasteiger partial charge in [-0.05, 0) is 0 Å². The molecule has 0 spiro atoms. The van der Waals surface area contributed by atoms with Crippen molar-refractivity contribution in [1.29, 1.82) is 0 Å². The van der Waals surface area contributed by atoms with E-state index in [1.54, 1.807) is 37.3 Å². The second kappa shape index (κ2) is 7.28. The molecule has 1 heterocycles. The monoisotopic (exact) mass is 445 g/mol. The van der Waals surface area contributed by atoms with E-state index in [1.807, 2.05) is 36.4 Å². The summed E-state index contributed by atoms with van der Waals surface area (Å²) in [4.78, 5) is 15.2. The zero-order valence-corrected chi connectivity index (χ0v) is 17.2. The van der Waals surface area contributed by atoms with Crippen molar-refractivity contribution < 1.29 is 14.3 Å². The number of hydrogen-bond acceptors (Lipinski definition) is 3. The van der Waals surface area contributed by atoms with E-state index in [9.17, 15) is 4.79 Å². The molecule has 0 saturated carbocycles. The number of fused-ring (bicyclic) bond motifs is 2. The van der Waals surface area contributed by atoms with E-state index >= 15 is 0 Å². The first kappa shape index (κ1) is 17.9. The van der Waals surface area contributed by atoms with E-state index in [0.717, 1.165) is 20.3 Å². The van der Waals surface area contributed by atoms with Gasteiger partial charge in [-0.3, -0.25) is 0 Å². The Balaban J connectivity index is 1.86. The van der Waals surface area contributed by atoms with Crippen LogP contribution in [0.2, 0.25) is 5.02 Å². The second-order valence-electron chi connectivity index (χ2n) is 5.89. The van der Waals surface area contributed by atoms with Crippen LogP contribution in [0.3, 0.4) is 0 Å². The van der Waals surface area contributed by atoms with Gasteiger partial charge in [0.05, 0.1) is 0 Å². The van der Waals surface area contributed by atoms with E-state index in [4.69, 9.17) is 21.1 Å². The summed E-state index contributed by atoms with van der Waals surface area (Å²) in [6.45, 7) is 0. The van der Waals surface area contributed by atoms with Crippen LogP contribution in [0.1, 0.15) is 10.4 Å². The predicted molar refractivity (Wildman–Crippen MR) is 109 cm³/mol. The molecule has 0 atom stereocenters. The number of rotatable bonds is 3. The molecule has 1 aliphatic heterocycles. The molecule has 0 aromatic heterocycles. The summed E-state index contributed by atoms with van der Waals surface area (Å²) in [7, 11) is 3.13. The van der Waals surface area contributed by atoms with Gasteiger partial charge in [-0.2, -0.15) is 0 Å². The van der Waals surface area contributed by atoms with Crippen molar-refractivity contribution in [3.8, 4) is 11.5 Å². The molecule has 1 aliphatic rings. The number of hydrogen-bond donors (Lipinski definition) is 0. The third-order valence-corrected chi connectivity index (χ3v) is 6.93. The molecule has 6 heteroatoms. The van der Waals surface area contributed by atoms with Crippen molar-refractivity contribution in [3.63, 3.8) is 0 Å². The molecule has 0 saturated heterocycles. The summed E-state index contributed by atoms with van der Waals surface area (Å²) in [5.41, 5.74) is 2.25. The molecule has 1 amide bonds. The number of carbonyl (C=O) groups is 1. The van der Waals surface area contributed by atoms with Crippen LogP contribution in [0.15, 0.2) is 60.7 Å². The Bertz CT molecular complexity index is 1040. The minimum atomic E-state index is -0.137. The van der Waals surface area contributed by atoms with Gasteiger partial charge in [0.25, 0.3) is 0 Å². The number of nitrogens with zero attached hydrogens (tertiary/aromatic N) is 1. The molecule has 3 aromatic rings. The van der Waals surface area contributed by atoms with E-state index in [1.165, 1.54) is 0 Å². The van der Waals surface area contributed by atoms with Gasteiger partial charge in [0.2, 0.25) is 0 Å². The van der Waals surface area contributed by atoms with E-state index in [0.29, 0.717) is 22.1 Å². The van der Waals surface area contributed by atoms with Crippen molar-refractivity contribution in [2.75, 3.05) is 19.1 Å². The third kappa shape index (κ3) is 3.19. The molecule has 0 bridgehead atoms. The summed E-state index contributed by atoms with van der Waals surface area (Å²) in [6, 6.07) is 18.9. The average molecular weight is 445 g/mol. The van der Waals surface area contributed by atoms with Crippen LogP contribution < -0.4 is 23.3 Å². The first-order valence-corrected chi connectivity index (χ1v) is 10.3. The van der Waals surface area contributed by atoms with Crippen LogP contribution in [-0.4, -0.2) is 35.1 Å². The van der Waals surface area contributed by atoms with Crippen LogP contribution in [0.25, 0.3) is 0 Å². The van der Waals surface area contributed by atoms with Crippen LogP contribution >= 0.6 is 11.6 Å². The Labute approximate surface area is 168 Å². The van der Waals surface area contributed by atoms with Crippen LogP contribution in [0.4, 0.5) is 11.4 Å². The molecule has 4 rings (SSSR count). The summed E-state index contributed by atoms with van der Waals surface area (Å²) in [5, 5.41) is 0.606. The fraction of sp³-hybridized carbons (Fsp3) is 0.0952. The van der Waals surface area contributed by atoms with Gasteiger partial charge in [-0.1, -0.05) is 0 Å². The Hall–Kier alpha value is -2.46. The van der Waals surface area contributed by atoms with Gasteiger partial charge >= 0.3 is 169 Å². The van der Waals surface area contributed by atoms with Gasteiger partial charge in [0, 0.05) is 0 Å². The maximum atomic E-state index is 13.5. The molecular formula is C21H16ClNO3Se. The van der Waals surface area contributed by atoms with Crippen molar-refractivity contribution in [2.45, 2.75) is 0 Å². The number of para-hydroxylation sites is 1. The quantitative estimate of drug-likeness (QED) is 0.582. The number of methoxy groups -OCH3 is 2. The molecule has 0 unspecified atom stereocenters. The average Bonchev–Trinajstić information content (AvgIpc) is 2.71. The summed E-state index contributed by atoms with van der Waals surface area (Å²) < 4.78 is 12.9. The Morgan fingerprint density at radius 3 is 2.41 bits per heavy atom. The topological polar surface area (TPSA) is 38.8 Å². The molecule has 4 nitrogen and oxygen atoms in total. The van der Waals surface area contributed by atoms with Crippen LogP contribution in [0.5, 0.6) is 11.5 Å². The zero-order valence-electron chi connectivity index (χ0n) is 14.7. The third-order valence-electron chi connectivity index (χ3n) is 4.32. The summed E-state index contributed by atoms with van der Waals surface area (Å²) >= 11 is 6.36. The molecule has 3 aromatic carbocycles. The van der Waals surface area contributed by atoms with Crippen molar-refractivity contribution in [2.24, 2.45) is 0 Å². The predicted octanol–water partition coefficient (Wildman–Crippen LogP) is 3.30. The fourth-order valence-electron chi connectivity index (χ4n) is 3.05. The second-order valence-corrected chi connectivity index (χ2v) is 8.60. The number of benzene rings is 3. The number of ether oxygens (including phenoxy) is 2. The summed E-state index contributed by atoms with van der Waals surface area (Å²) in [5.74, 6) is 0.964. The van der Waals surface area contributed by atoms with Gasteiger partial charge in [-0.25, -0.2) is 0 Å². The Morgan fingerprint density at radius 1 is 0.889 bits per heavy atom. The zero-order chi connectivity index (χ0) is 19.0. The van der Waals surface area contributed by atoms with Gasteiger partial charge in [0.1, 0.15) is 0 Å². The van der Waals surface area contributed by atoms with Gasteiger partial charge < -0.3 is 0 Å². The molecule has 136 valence electrons. The van der Waals surface area contributed by atoms with E-state index < -0.39 is 0 Å². The first-order valence-electron chi connectivity index (χ1n) is 8.25. The first-order chi connectivity index (χ1) is 13.1. The van der Waals surface area contributed by atoms with Gasteiger partial charge in [-0.15, -0.1) is 0 Å². The molecule has 0 fully saturated rings. The molecule has 27 heavy (non-hydrogen) atoms. The number of amides is 1. The van der Waals surface area contributed by atoms with Crippen LogP contribution in [-0.2, 0) is 0 Å². The van der Waals surface area contributed by atoms with Crippen molar-refractivity contribution in [3.05, 3.63) is 71.2 Å². The SMILES string of the molecule is COc1ccc(C(=O)N2c3ccccc3[Se]c3ccc(Cl)cc32)cc1OC. The normalized spacial score (nSPS) is 12.2. The Kier molecular flexibility index (Phi) is 4.83. The molecule has 0 N–H and O–H groups in total. The van der Waals surface area contributed by atoms with Crippen molar-refractivity contribution in [1.82, 2.24) is 0 Å². The van der Waals surface area contributed by atoms with Crippen molar-refractivity contribution >= 4 is 52.8 Å². The number of anilines is 2. The van der Waals surface area contributed by atoms with E-state index in [2.05, 4.69) is 6.07 Å². The molecular weight excluding hydrogens is 429 g/mol. The van der Waals surface area contributed by atoms with Crippen LogP contribution in [0, 0.1) is 0 Å². The Morgan fingerprint density at radius 2 is 1.63 bits per heavy atom. The maximum absolute atomic E-state index is 13.5. The standard InChI is InChI=1S/C21H16ClNO3Se/c1-25-17-9-7-13(11-18(17)26-2)21(24)23-15-5-3-4-6-19(15)27-20-10-8-14(22)12-16(20)23/h3-12H,1-2H3. The molecule has 0 aliphatic carbocycles. The minimum absolute atomic E-state index is 0.116. The number of carbonyl (C=O) groups excluding carboxylic acids is 1.